The van der Waals surface area contributed by atoms with Crippen molar-refractivity contribution in [2.45, 2.75) is 57.4 Å². The lowest BCUT2D eigenvalue weighted by atomic mass is 9.91. The summed E-state index contributed by atoms with van der Waals surface area (Å²) in [5, 5.41) is 3.89. The van der Waals surface area contributed by atoms with Crippen molar-refractivity contribution in [1.82, 2.24) is 14.7 Å². The summed E-state index contributed by atoms with van der Waals surface area (Å²) < 4.78 is 54.1. The highest BCUT2D eigenvalue weighted by molar-refractivity contribution is 7.99. The minimum atomic E-state index is -4.49. The molecule has 1 aromatic carbocycles. The Bertz CT molecular complexity index is 1020. The van der Waals surface area contributed by atoms with Gasteiger partial charge in [0.25, 0.3) is 4.90 Å². The van der Waals surface area contributed by atoms with Crippen LogP contribution in [0.2, 0.25) is 10.0 Å². The summed E-state index contributed by atoms with van der Waals surface area (Å²) in [7, 11) is -0.784. The zero-order valence-corrected chi connectivity index (χ0v) is 21.7. The molecule has 6 nitrogen and oxygen atoms in total. The number of benzene rings is 1. The third-order valence-electron chi connectivity index (χ3n) is 6.38. The number of halogens is 4. The molecule has 0 spiro atoms. The number of aryl methyl sites for hydroxylation is 3. The van der Waals surface area contributed by atoms with Crippen LogP contribution in [0.3, 0.4) is 0 Å². The Morgan fingerprint density at radius 1 is 1.21 bits per heavy atom. The molecule has 3 rings (SSSR count). The van der Waals surface area contributed by atoms with Crippen molar-refractivity contribution in [3.05, 3.63) is 39.1 Å². The van der Waals surface area contributed by atoms with Gasteiger partial charge in [-0.05, 0) is 87.5 Å². The second-order valence-corrected chi connectivity index (χ2v) is 11.4. The fourth-order valence-corrected chi connectivity index (χ4v) is 7.15. The molecule has 184 valence electrons. The molecule has 1 atom stereocenters. The molecule has 1 aliphatic heterocycles. The van der Waals surface area contributed by atoms with Crippen molar-refractivity contribution < 1.29 is 17.5 Å². The quantitative estimate of drug-likeness (QED) is 0.341. The van der Waals surface area contributed by atoms with Crippen LogP contribution >= 0.6 is 23.2 Å². The lowest BCUT2D eigenvalue weighted by Crippen LogP contribution is -2.41. The van der Waals surface area contributed by atoms with Gasteiger partial charge in [-0.2, -0.15) is 18.4 Å². The summed E-state index contributed by atoms with van der Waals surface area (Å²) in [6.07, 6.45) is 5.09. The van der Waals surface area contributed by atoms with Crippen LogP contribution in [0, 0.1) is 19.8 Å². The summed E-state index contributed by atoms with van der Waals surface area (Å²) in [5.74, 6) is 0.688. The van der Waals surface area contributed by atoms with Gasteiger partial charge in [-0.1, -0.05) is 33.9 Å². The van der Waals surface area contributed by atoms with Gasteiger partial charge in [0.1, 0.15) is 15.7 Å². The van der Waals surface area contributed by atoms with Crippen molar-refractivity contribution in [1.29, 1.82) is 0 Å². The van der Waals surface area contributed by atoms with Gasteiger partial charge in [0.05, 0.1) is 11.4 Å². The molecule has 1 unspecified atom stereocenters. The highest BCUT2D eigenvalue weighted by Crippen LogP contribution is 2.41. The number of likely N-dealkylation sites (tertiary alicyclic amines) is 1. The first kappa shape index (κ1) is 26.3. The highest BCUT2D eigenvalue weighted by Gasteiger charge is 2.49. The summed E-state index contributed by atoms with van der Waals surface area (Å²) in [4.78, 5) is 1.92. The molecule has 0 bridgehead atoms. The van der Waals surface area contributed by atoms with E-state index in [1.165, 1.54) is 24.4 Å². The molecular formula is C22H31Cl2F2N4O2S+. The van der Waals surface area contributed by atoms with Gasteiger partial charge in [-0.3, -0.25) is 4.68 Å². The Morgan fingerprint density at radius 3 is 2.27 bits per heavy atom. The first-order valence-electron chi connectivity index (χ1n) is 10.9. The Kier molecular flexibility index (Phi) is 8.43. The molecule has 0 aliphatic carbocycles. The summed E-state index contributed by atoms with van der Waals surface area (Å²) >= 11 is 12.7. The van der Waals surface area contributed by atoms with Crippen molar-refractivity contribution in [2.75, 3.05) is 24.4 Å². The lowest BCUT2D eigenvalue weighted by Gasteiger charge is -2.28. The average Bonchev–Trinajstić information content (AvgIpc) is 2.95. The Labute approximate surface area is 205 Å². The van der Waals surface area contributed by atoms with Crippen LogP contribution < -0.4 is 4.31 Å². The second-order valence-electron chi connectivity index (χ2n) is 8.77. The average molecular weight is 524 g/mol. The minimum Gasteiger partial charge on any atom is -0.306 e. The topological polar surface area (TPSA) is 61.6 Å². The molecule has 2 aromatic rings. The van der Waals surface area contributed by atoms with Crippen LogP contribution in [0.5, 0.6) is 0 Å². The van der Waals surface area contributed by atoms with E-state index in [1.54, 1.807) is 26.1 Å². The molecule has 1 fully saturated rings. The molecule has 1 aliphatic rings. The van der Waals surface area contributed by atoms with Gasteiger partial charge in [0.2, 0.25) is 0 Å². The molecule has 1 N–H and O–H groups in total. The van der Waals surface area contributed by atoms with Crippen LogP contribution in [0.4, 0.5) is 14.5 Å². The fourth-order valence-electron chi connectivity index (χ4n) is 4.47. The van der Waals surface area contributed by atoms with Crippen LogP contribution in [0.15, 0.2) is 17.0 Å². The molecule has 0 radical (unpaired) electrons. The zero-order chi connectivity index (χ0) is 24.5. The van der Waals surface area contributed by atoms with Crippen LogP contribution in [-0.4, -0.2) is 45.9 Å². The van der Waals surface area contributed by atoms with Gasteiger partial charge in [-0.15, -0.1) is 0 Å². The number of hydrogen-bond donors (Lipinski definition) is 1. The molecule has 0 amide bonds. The highest BCUT2D eigenvalue weighted by atomic mass is 35.5. The lowest BCUT2D eigenvalue weighted by molar-refractivity contribution is 0.159. The summed E-state index contributed by atoms with van der Waals surface area (Å²) in [5.41, 5.74) is 1.23. The number of nitrogens with zero attached hydrogens (tertiary/aromatic N) is 4. The monoisotopic (exact) mass is 523 g/mol. The number of piperidine rings is 1. The Hall–Kier alpha value is -1.26. The van der Waals surface area contributed by atoms with Gasteiger partial charge in [0, 0.05) is 7.05 Å². The van der Waals surface area contributed by atoms with Crippen LogP contribution in [0.25, 0.3) is 0 Å². The first-order valence-corrected chi connectivity index (χ1v) is 13.2. The smallest absolute Gasteiger partial charge is 0.306 e. The van der Waals surface area contributed by atoms with E-state index in [1.807, 2.05) is 0 Å². The number of rotatable bonds is 8. The van der Waals surface area contributed by atoms with Crippen LogP contribution in [-0.2, 0) is 28.1 Å². The van der Waals surface area contributed by atoms with E-state index in [0.29, 0.717) is 18.0 Å². The normalized spacial score (nSPS) is 17.5. The number of anilines is 1. The largest absolute Gasteiger partial charge is 0.357 e. The van der Waals surface area contributed by atoms with Crippen molar-refractivity contribution in [3.8, 4) is 0 Å². The van der Waals surface area contributed by atoms with Crippen molar-refractivity contribution in [2.24, 2.45) is 13.0 Å². The Morgan fingerprint density at radius 2 is 1.79 bits per heavy atom. The van der Waals surface area contributed by atoms with E-state index in [0.717, 1.165) is 31.5 Å². The predicted molar refractivity (Wildman–Crippen MR) is 130 cm³/mol. The molecule has 1 saturated heterocycles. The fraction of sp³-hybridized carbons (Fsp3) is 0.591. The van der Waals surface area contributed by atoms with Gasteiger partial charge >= 0.3 is 16.9 Å². The van der Waals surface area contributed by atoms with Gasteiger partial charge in [-0.25, -0.2) is 0 Å². The van der Waals surface area contributed by atoms with E-state index >= 15 is 0 Å². The zero-order valence-electron chi connectivity index (χ0n) is 19.3. The second kappa shape index (κ2) is 10.6. The van der Waals surface area contributed by atoms with E-state index in [4.69, 9.17) is 23.2 Å². The third kappa shape index (κ3) is 5.70. The van der Waals surface area contributed by atoms with Crippen molar-refractivity contribution in [3.63, 3.8) is 0 Å². The van der Waals surface area contributed by atoms with Gasteiger partial charge in [0.15, 0.2) is 0 Å². The van der Waals surface area contributed by atoms with E-state index in [-0.39, 0.29) is 25.7 Å². The van der Waals surface area contributed by atoms with Crippen LogP contribution in [0.1, 0.15) is 42.6 Å². The maximum atomic E-state index is 14.1. The van der Waals surface area contributed by atoms with E-state index in [9.17, 15) is 17.5 Å². The predicted octanol–water partition coefficient (Wildman–Crippen LogP) is 5.98. The van der Waals surface area contributed by atoms with Crippen molar-refractivity contribution >= 4 is 39.3 Å². The first-order chi connectivity index (χ1) is 15.4. The number of alkyl halides is 2. The summed E-state index contributed by atoms with van der Waals surface area (Å²) in [6, 6.07) is 3.11. The minimum absolute atomic E-state index is 0.103. The standard InChI is InChI=1S/C22H30Cl2F2N4O2S/c1-14-20(15(2)29(4)27-14)30(22(25)26)33(31,32)21-18(23)12-17(13-19(21)24)7-5-6-16-8-10-28(3)11-9-16/h12-13,16,22H,5-11H2,1-4H3/p+1. The maximum absolute atomic E-state index is 14.1. The van der Waals surface area contributed by atoms with E-state index < -0.39 is 21.8 Å². The molecule has 11 heteroatoms. The Balaban J connectivity index is 1.83. The van der Waals surface area contributed by atoms with Gasteiger partial charge < -0.3 is 4.90 Å². The number of aromatic nitrogens is 2. The molecule has 2 heterocycles. The van der Waals surface area contributed by atoms with E-state index in [2.05, 4.69) is 17.0 Å². The summed E-state index contributed by atoms with van der Waals surface area (Å²) in [6.45, 7) is 2.00. The molecule has 33 heavy (non-hydrogen) atoms. The molecular weight excluding hydrogens is 493 g/mol. The third-order valence-corrected chi connectivity index (χ3v) is 9.04. The molecule has 1 aromatic heterocycles. The number of hydrogen-bond acceptors (Lipinski definition) is 3. The molecule has 0 saturated carbocycles. The maximum Gasteiger partial charge on any atom is 0.357 e. The SMILES string of the molecule is Cc1nn(C)c(C)c1N(C(F)F)[S+](=O)(O)c1c(Cl)cc(CCCC2CCN(C)CC2)cc1Cl.